The van der Waals surface area contributed by atoms with Crippen LogP contribution >= 0.6 is 0 Å². The summed E-state index contributed by atoms with van der Waals surface area (Å²) >= 11 is 0. The average Bonchev–Trinajstić information content (AvgIpc) is 2.28. The van der Waals surface area contributed by atoms with Crippen LogP contribution in [0.2, 0.25) is 0 Å². The Bertz CT molecular complexity index is 498. The summed E-state index contributed by atoms with van der Waals surface area (Å²) in [7, 11) is 0. The highest BCUT2D eigenvalue weighted by molar-refractivity contribution is 6.00. The second-order valence-electron chi connectivity index (χ2n) is 4.05. The van der Waals surface area contributed by atoms with Crippen molar-refractivity contribution in [2.24, 2.45) is 0 Å². The van der Waals surface area contributed by atoms with Crippen molar-refractivity contribution in [1.82, 2.24) is 0 Å². The van der Waals surface area contributed by atoms with Gasteiger partial charge in [0, 0.05) is 12.0 Å². The van der Waals surface area contributed by atoms with Gasteiger partial charge in [-0.15, -0.1) is 0 Å². The number of allylic oxidation sites excluding steroid dienone is 2. The van der Waals surface area contributed by atoms with Crippen LogP contribution in [0.25, 0.3) is 0 Å². The molecule has 0 N–H and O–H groups in total. The smallest absolute Gasteiger partial charge is 0.170 e. The lowest BCUT2D eigenvalue weighted by Crippen LogP contribution is -2.04. The van der Waals surface area contributed by atoms with E-state index in [4.69, 9.17) is 0 Å². The Morgan fingerprint density at radius 1 is 1.25 bits per heavy atom. The third-order valence-corrected chi connectivity index (χ3v) is 2.62. The Hall–Kier alpha value is -1.81. The van der Waals surface area contributed by atoms with Crippen LogP contribution in [0.15, 0.2) is 35.9 Å². The maximum absolute atomic E-state index is 11.5. The first-order chi connectivity index (χ1) is 7.75. The van der Waals surface area contributed by atoms with E-state index in [1.165, 1.54) is 5.56 Å². The summed E-state index contributed by atoms with van der Waals surface area (Å²) in [4.78, 5) is 11.5. The fourth-order valence-corrected chi connectivity index (χ4v) is 1.74. The van der Waals surface area contributed by atoms with Crippen molar-refractivity contribution in [2.45, 2.75) is 26.2 Å². The summed E-state index contributed by atoms with van der Waals surface area (Å²) < 4.78 is 0. The van der Waals surface area contributed by atoms with Crippen molar-refractivity contribution < 1.29 is 4.79 Å². The number of Topliss-reactive ketones (excluding diaryl/α,β-unsaturated/α-hetero) is 1. The van der Waals surface area contributed by atoms with Gasteiger partial charge in [-0.25, -0.2) is 0 Å². The van der Waals surface area contributed by atoms with Gasteiger partial charge in [-0.1, -0.05) is 30.0 Å². The third kappa shape index (κ3) is 2.61. The number of carbonyl (C=O) groups excluding carboxylic acids is 1. The van der Waals surface area contributed by atoms with Gasteiger partial charge in [0.05, 0.1) is 5.57 Å². The summed E-state index contributed by atoms with van der Waals surface area (Å²) in [5.74, 6) is 6.21. The number of ketones is 1. The Balaban J connectivity index is 2.21. The molecule has 0 aromatic heterocycles. The van der Waals surface area contributed by atoms with Crippen molar-refractivity contribution in [3.05, 3.63) is 47.0 Å². The van der Waals surface area contributed by atoms with Crippen LogP contribution in [0.4, 0.5) is 0 Å². The van der Waals surface area contributed by atoms with Crippen LogP contribution in [0.5, 0.6) is 0 Å². The van der Waals surface area contributed by atoms with E-state index in [1.807, 2.05) is 37.3 Å². The monoisotopic (exact) mass is 210 g/mol. The molecular weight excluding hydrogens is 196 g/mol. The van der Waals surface area contributed by atoms with Gasteiger partial charge in [0.25, 0.3) is 0 Å². The lowest BCUT2D eigenvalue weighted by molar-refractivity contribution is -0.115. The molecule has 0 aliphatic heterocycles. The summed E-state index contributed by atoms with van der Waals surface area (Å²) in [6.07, 6.45) is 4.54. The molecule has 0 radical (unpaired) electrons. The van der Waals surface area contributed by atoms with E-state index in [2.05, 4.69) is 11.8 Å². The SMILES string of the molecule is Cc1cccc(C#CC2=CCCCC2=O)c1. The van der Waals surface area contributed by atoms with Gasteiger partial charge >= 0.3 is 0 Å². The van der Waals surface area contributed by atoms with E-state index in [9.17, 15) is 4.79 Å². The minimum absolute atomic E-state index is 0.186. The Morgan fingerprint density at radius 2 is 2.12 bits per heavy atom. The van der Waals surface area contributed by atoms with Crippen LogP contribution in [0.3, 0.4) is 0 Å². The molecule has 0 spiro atoms. The van der Waals surface area contributed by atoms with Gasteiger partial charge in [-0.3, -0.25) is 4.79 Å². The lowest BCUT2D eigenvalue weighted by Gasteiger charge is -2.04. The second-order valence-corrected chi connectivity index (χ2v) is 4.05. The van der Waals surface area contributed by atoms with E-state index in [0.29, 0.717) is 12.0 Å². The lowest BCUT2D eigenvalue weighted by atomic mass is 9.98. The molecule has 1 aromatic rings. The van der Waals surface area contributed by atoms with Crippen LogP contribution in [-0.4, -0.2) is 5.78 Å². The highest BCUT2D eigenvalue weighted by atomic mass is 16.1. The first-order valence-electron chi connectivity index (χ1n) is 5.58. The van der Waals surface area contributed by atoms with Gasteiger partial charge in [-0.05, 0) is 37.5 Å². The van der Waals surface area contributed by atoms with Crippen molar-refractivity contribution in [3.8, 4) is 11.8 Å². The van der Waals surface area contributed by atoms with Crippen LogP contribution in [0, 0.1) is 18.8 Å². The third-order valence-electron chi connectivity index (χ3n) is 2.62. The van der Waals surface area contributed by atoms with Gasteiger partial charge in [0.1, 0.15) is 0 Å². The van der Waals surface area contributed by atoms with Crippen molar-refractivity contribution in [3.63, 3.8) is 0 Å². The van der Waals surface area contributed by atoms with E-state index >= 15 is 0 Å². The van der Waals surface area contributed by atoms with Gasteiger partial charge in [0.2, 0.25) is 0 Å². The molecule has 0 heterocycles. The summed E-state index contributed by atoms with van der Waals surface area (Å²) in [6.45, 7) is 2.04. The summed E-state index contributed by atoms with van der Waals surface area (Å²) in [5.41, 5.74) is 2.85. The maximum atomic E-state index is 11.5. The van der Waals surface area contributed by atoms with E-state index in [0.717, 1.165) is 18.4 Å². The average molecular weight is 210 g/mol. The number of hydrogen-bond donors (Lipinski definition) is 0. The zero-order valence-corrected chi connectivity index (χ0v) is 9.42. The normalized spacial score (nSPS) is 15.1. The molecule has 0 unspecified atom stereocenters. The number of benzene rings is 1. The molecule has 16 heavy (non-hydrogen) atoms. The fraction of sp³-hybridized carbons (Fsp3) is 0.267. The van der Waals surface area contributed by atoms with Crippen LogP contribution < -0.4 is 0 Å². The Labute approximate surface area is 96.2 Å². The number of rotatable bonds is 0. The van der Waals surface area contributed by atoms with Crippen LogP contribution in [-0.2, 0) is 4.79 Å². The molecule has 1 nitrogen and oxygen atoms in total. The fourth-order valence-electron chi connectivity index (χ4n) is 1.74. The van der Waals surface area contributed by atoms with Crippen molar-refractivity contribution in [1.29, 1.82) is 0 Å². The molecular formula is C15H14O. The van der Waals surface area contributed by atoms with Crippen molar-refractivity contribution >= 4 is 5.78 Å². The van der Waals surface area contributed by atoms with E-state index in [-0.39, 0.29) is 5.78 Å². The first kappa shape index (κ1) is 10.7. The zero-order chi connectivity index (χ0) is 11.4. The van der Waals surface area contributed by atoms with E-state index < -0.39 is 0 Å². The number of aryl methyl sites for hydroxylation is 1. The molecule has 0 amide bonds. The molecule has 2 rings (SSSR count). The molecule has 1 aliphatic rings. The zero-order valence-electron chi connectivity index (χ0n) is 9.42. The molecule has 0 bridgehead atoms. The summed E-state index contributed by atoms with van der Waals surface area (Å²) in [5, 5.41) is 0. The topological polar surface area (TPSA) is 17.1 Å². The predicted octanol–water partition coefficient (Wildman–Crippen LogP) is 3.03. The van der Waals surface area contributed by atoms with Crippen LogP contribution in [0.1, 0.15) is 30.4 Å². The largest absolute Gasteiger partial charge is 0.293 e. The molecule has 1 heteroatoms. The highest BCUT2D eigenvalue weighted by Gasteiger charge is 2.10. The molecule has 0 atom stereocenters. The van der Waals surface area contributed by atoms with Gasteiger partial charge in [0.15, 0.2) is 5.78 Å². The summed E-state index contributed by atoms with van der Waals surface area (Å²) in [6, 6.07) is 8.02. The molecule has 0 saturated carbocycles. The van der Waals surface area contributed by atoms with Gasteiger partial charge in [-0.2, -0.15) is 0 Å². The number of carbonyl (C=O) groups is 1. The van der Waals surface area contributed by atoms with E-state index in [1.54, 1.807) is 0 Å². The van der Waals surface area contributed by atoms with Crippen molar-refractivity contribution in [2.75, 3.05) is 0 Å². The predicted molar refractivity (Wildman–Crippen MR) is 65.0 cm³/mol. The van der Waals surface area contributed by atoms with Gasteiger partial charge < -0.3 is 0 Å². The highest BCUT2D eigenvalue weighted by Crippen LogP contribution is 2.13. The standard InChI is InChI=1S/C15H14O/c1-12-5-4-6-13(11-12)9-10-14-7-2-3-8-15(14)16/h4-7,11H,2-3,8H2,1H3. The minimum Gasteiger partial charge on any atom is -0.293 e. The first-order valence-corrected chi connectivity index (χ1v) is 5.58. The maximum Gasteiger partial charge on any atom is 0.170 e. The quantitative estimate of drug-likeness (QED) is 0.601. The molecule has 1 aliphatic carbocycles. The second kappa shape index (κ2) is 4.81. The minimum atomic E-state index is 0.186. The molecule has 80 valence electrons. The Morgan fingerprint density at radius 3 is 2.88 bits per heavy atom. The number of hydrogen-bond acceptors (Lipinski definition) is 1. The molecule has 0 saturated heterocycles. The molecule has 1 aromatic carbocycles. The Kier molecular flexibility index (Phi) is 3.22. The molecule has 0 fully saturated rings.